The molecule has 0 amide bonds. The predicted molar refractivity (Wildman–Crippen MR) is 73.2 cm³/mol. The van der Waals surface area contributed by atoms with Gasteiger partial charge in [0, 0.05) is 12.3 Å². The third-order valence-corrected chi connectivity index (χ3v) is 4.37. The van der Waals surface area contributed by atoms with Crippen molar-refractivity contribution in [1.29, 1.82) is 0 Å². The lowest BCUT2D eigenvalue weighted by Gasteiger charge is -2.12. The maximum Gasteiger partial charge on any atom is 0.389 e. The van der Waals surface area contributed by atoms with Crippen LogP contribution in [-0.2, 0) is 6.42 Å². The molecule has 1 N–H and O–H groups in total. The number of H-pyrrole nitrogens is 1. The highest BCUT2D eigenvalue weighted by molar-refractivity contribution is 14.1. The summed E-state index contributed by atoms with van der Waals surface area (Å²) in [5, 5.41) is 0. The Kier molecular flexibility index (Phi) is 4.52. The van der Waals surface area contributed by atoms with Crippen LogP contribution in [0.3, 0.4) is 0 Å². The fraction of sp³-hybridized carbons (Fsp3) is 0.667. The van der Waals surface area contributed by atoms with Gasteiger partial charge >= 0.3 is 6.18 Å². The molecule has 106 valence electrons. The van der Waals surface area contributed by atoms with Crippen LogP contribution in [0.15, 0.2) is 4.79 Å². The number of aromatic amines is 1. The molecule has 0 aliphatic heterocycles. The Morgan fingerprint density at radius 1 is 1.32 bits per heavy atom. The fourth-order valence-corrected chi connectivity index (χ4v) is 3.07. The van der Waals surface area contributed by atoms with Gasteiger partial charge in [0.15, 0.2) is 0 Å². The fourth-order valence-electron chi connectivity index (χ4n) is 2.37. The summed E-state index contributed by atoms with van der Waals surface area (Å²) in [7, 11) is 0. The zero-order valence-electron chi connectivity index (χ0n) is 10.2. The third kappa shape index (κ3) is 3.93. The maximum atomic E-state index is 12.2. The van der Waals surface area contributed by atoms with E-state index in [1.165, 1.54) is 0 Å². The van der Waals surface area contributed by atoms with Gasteiger partial charge in [-0.2, -0.15) is 13.2 Å². The van der Waals surface area contributed by atoms with Crippen molar-refractivity contribution < 1.29 is 13.2 Å². The molecule has 0 unspecified atom stereocenters. The summed E-state index contributed by atoms with van der Waals surface area (Å²) in [5.41, 5.74) is 0.355. The molecule has 0 bridgehead atoms. The molecule has 2 rings (SSSR count). The Morgan fingerprint density at radius 2 is 1.95 bits per heavy atom. The van der Waals surface area contributed by atoms with Gasteiger partial charge in [-0.25, -0.2) is 4.98 Å². The Hall–Kier alpha value is -0.600. The smallest absolute Gasteiger partial charge is 0.310 e. The SMILES string of the molecule is O=c1[nH]c(CCC(F)(F)F)nc(C2CCCC2)c1I. The van der Waals surface area contributed by atoms with E-state index in [2.05, 4.69) is 9.97 Å². The summed E-state index contributed by atoms with van der Waals surface area (Å²) in [5.74, 6) is 0.364. The van der Waals surface area contributed by atoms with E-state index in [0.29, 0.717) is 9.26 Å². The number of rotatable bonds is 3. The quantitative estimate of drug-likeness (QED) is 0.809. The van der Waals surface area contributed by atoms with Crippen molar-refractivity contribution in [3.8, 4) is 0 Å². The summed E-state index contributed by atoms with van der Waals surface area (Å²) in [6, 6.07) is 0. The van der Waals surface area contributed by atoms with Crippen molar-refractivity contribution in [2.75, 3.05) is 0 Å². The minimum atomic E-state index is -4.23. The second-order valence-electron chi connectivity index (χ2n) is 4.81. The van der Waals surface area contributed by atoms with Crippen LogP contribution in [0.4, 0.5) is 13.2 Å². The van der Waals surface area contributed by atoms with E-state index in [-0.39, 0.29) is 23.7 Å². The normalized spacial score (nSPS) is 17.1. The standard InChI is InChI=1S/C12H14F3IN2O/c13-12(14,15)6-5-8-17-10(7-3-1-2-4-7)9(16)11(19)18-8/h7H,1-6H2,(H,17,18,19). The first kappa shape index (κ1) is 14.8. The molecule has 19 heavy (non-hydrogen) atoms. The number of halogens is 4. The van der Waals surface area contributed by atoms with Gasteiger partial charge in [0.05, 0.1) is 15.7 Å². The Bertz CT molecular complexity index is 507. The van der Waals surface area contributed by atoms with Crippen LogP contribution >= 0.6 is 22.6 Å². The summed E-state index contributed by atoms with van der Waals surface area (Å²) < 4.78 is 37.1. The number of aryl methyl sites for hydroxylation is 1. The average molecular weight is 386 g/mol. The molecule has 0 saturated heterocycles. The van der Waals surface area contributed by atoms with E-state index < -0.39 is 12.6 Å². The Balaban J connectivity index is 2.23. The van der Waals surface area contributed by atoms with Crippen LogP contribution < -0.4 is 5.56 Å². The number of alkyl halides is 3. The van der Waals surface area contributed by atoms with Gasteiger partial charge in [0.25, 0.3) is 5.56 Å². The lowest BCUT2D eigenvalue weighted by atomic mass is 10.0. The van der Waals surface area contributed by atoms with Crippen molar-refractivity contribution >= 4 is 22.6 Å². The lowest BCUT2D eigenvalue weighted by Crippen LogP contribution is -2.21. The van der Waals surface area contributed by atoms with Gasteiger partial charge in [0.1, 0.15) is 5.82 Å². The van der Waals surface area contributed by atoms with Crippen molar-refractivity contribution in [2.24, 2.45) is 0 Å². The van der Waals surface area contributed by atoms with Crippen LogP contribution in [0.1, 0.15) is 49.5 Å². The third-order valence-electron chi connectivity index (χ3n) is 3.32. The van der Waals surface area contributed by atoms with Crippen LogP contribution in [0.25, 0.3) is 0 Å². The van der Waals surface area contributed by atoms with Gasteiger partial charge in [-0.3, -0.25) is 4.79 Å². The van der Waals surface area contributed by atoms with Crippen LogP contribution in [-0.4, -0.2) is 16.1 Å². The van der Waals surface area contributed by atoms with E-state index in [0.717, 1.165) is 25.7 Å². The first-order valence-electron chi connectivity index (χ1n) is 6.22. The highest BCUT2D eigenvalue weighted by Crippen LogP contribution is 2.34. The second-order valence-corrected chi connectivity index (χ2v) is 5.89. The van der Waals surface area contributed by atoms with Crippen molar-refractivity contribution in [1.82, 2.24) is 9.97 Å². The molecule has 1 aliphatic carbocycles. The minimum absolute atomic E-state index is 0.143. The number of aromatic nitrogens is 2. The predicted octanol–water partition coefficient (Wildman–Crippen LogP) is 3.53. The number of hydrogen-bond donors (Lipinski definition) is 1. The number of nitrogens with zero attached hydrogens (tertiary/aromatic N) is 1. The molecule has 1 heterocycles. The maximum absolute atomic E-state index is 12.2. The Morgan fingerprint density at radius 3 is 2.53 bits per heavy atom. The van der Waals surface area contributed by atoms with Gasteiger partial charge in [0.2, 0.25) is 0 Å². The summed E-state index contributed by atoms with van der Waals surface area (Å²) in [6.45, 7) is 0. The molecule has 1 aromatic heterocycles. The van der Waals surface area contributed by atoms with E-state index in [1.807, 2.05) is 22.6 Å². The highest BCUT2D eigenvalue weighted by Gasteiger charge is 2.28. The minimum Gasteiger partial charge on any atom is -0.310 e. The van der Waals surface area contributed by atoms with E-state index in [9.17, 15) is 18.0 Å². The first-order valence-corrected chi connectivity index (χ1v) is 7.30. The topological polar surface area (TPSA) is 45.8 Å². The second kappa shape index (κ2) is 5.80. The highest BCUT2D eigenvalue weighted by atomic mass is 127. The summed E-state index contributed by atoms with van der Waals surface area (Å²) in [4.78, 5) is 18.5. The monoisotopic (exact) mass is 386 g/mol. The lowest BCUT2D eigenvalue weighted by molar-refractivity contribution is -0.134. The molecule has 1 saturated carbocycles. The largest absolute Gasteiger partial charge is 0.389 e. The van der Waals surface area contributed by atoms with Crippen LogP contribution in [0.5, 0.6) is 0 Å². The summed E-state index contributed by atoms with van der Waals surface area (Å²) >= 11 is 1.93. The molecule has 0 radical (unpaired) electrons. The van der Waals surface area contributed by atoms with E-state index in [1.54, 1.807) is 0 Å². The van der Waals surface area contributed by atoms with Gasteiger partial charge in [-0.1, -0.05) is 12.8 Å². The molecule has 0 spiro atoms. The molecule has 7 heteroatoms. The average Bonchev–Trinajstić information content (AvgIpc) is 2.83. The van der Waals surface area contributed by atoms with Gasteiger partial charge in [-0.15, -0.1) is 0 Å². The zero-order valence-corrected chi connectivity index (χ0v) is 12.3. The van der Waals surface area contributed by atoms with Crippen molar-refractivity contribution in [3.63, 3.8) is 0 Å². The summed E-state index contributed by atoms with van der Waals surface area (Å²) in [6.07, 6.45) is -1.35. The molecule has 3 nitrogen and oxygen atoms in total. The van der Waals surface area contributed by atoms with E-state index in [4.69, 9.17) is 0 Å². The molecule has 0 aromatic carbocycles. The number of nitrogens with one attached hydrogen (secondary N) is 1. The molecule has 1 aromatic rings. The molecule has 1 aliphatic rings. The van der Waals surface area contributed by atoms with Crippen molar-refractivity contribution in [3.05, 3.63) is 25.4 Å². The number of hydrogen-bond acceptors (Lipinski definition) is 2. The zero-order chi connectivity index (χ0) is 14.0. The molecular formula is C12H14F3IN2O. The molecule has 1 fully saturated rings. The van der Waals surface area contributed by atoms with E-state index >= 15 is 0 Å². The van der Waals surface area contributed by atoms with Crippen LogP contribution in [0.2, 0.25) is 0 Å². The van der Waals surface area contributed by atoms with Gasteiger partial charge < -0.3 is 4.98 Å². The molecular weight excluding hydrogens is 372 g/mol. The van der Waals surface area contributed by atoms with Crippen LogP contribution in [0, 0.1) is 3.57 Å². The first-order chi connectivity index (χ1) is 8.87. The molecule has 0 atom stereocenters. The van der Waals surface area contributed by atoms with Crippen molar-refractivity contribution in [2.45, 2.75) is 50.6 Å². The van der Waals surface area contributed by atoms with Gasteiger partial charge in [-0.05, 0) is 35.4 Å². The Labute approximate surface area is 122 Å².